The van der Waals surface area contributed by atoms with Crippen molar-refractivity contribution in [1.29, 1.82) is 0 Å². The summed E-state index contributed by atoms with van der Waals surface area (Å²) in [4.78, 5) is 44.9. The van der Waals surface area contributed by atoms with Crippen molar-refractivity contribution >= 4 is 45.7 Å². The maximum Gasteiger partial charge on any atom is 0.258 e. The number of hydrogen-bond acceptors (Lipinski definition) is 4. The number of nitrogens with one attached hydrogen (secondary N) is 3. The van der Waals surface area contributed by atoms with Gasteiger partial charge < -0.3 is 15.6 Å². The number of carbonyl (C=O) groups excluding carboxylic acids is 2. The number of carbonyl (C=O) groups is 2. The Morgan fingerprint density at radius 2 is 1.57 bits per heavy atom. The van der Waals surface area contributed by atoms with Crippen molar-refractivity contribution in [3.8, 4) is 11.1 Å². The van der Waals surface area contributed by atoms with Crippen LogP contribution in [0.5, 0.6) is 0 Å². The van der Waals surface area contributed by atoms with Crippen LogP contribution in [0.1, 0.15) is 24.8 Å². The Kier molecular flexibility index (Phi) is 5.86. The van der Waals surface area contributed by atoms with Gasteiger partial charge in [0, 0.05) is 16.4 Å². The average molecular weight is 487 g/mol. The lowest BCUT2D eigenvalue weighted by Gasteiger charge is -2.38. The van der Waals surface area contributed by atoms with E-state index in [1.807, 2.05) is 37.3 Å². The molecule has 0 unspecified atom stereocenters. The molecule has 0 radical (unpaired) electrons. The van der Waals surface area contributed by atoms with Gasteiger partial charge in [-0.1, -0.05) is 42.3 Å². The summed E-state index contributed by atoms with van der Waals surface area (Å²) in [6.07, 6.45) is 3.18. The molecule has 3 aromatic carbocycles. The van der Waals surface area contributed by atoms with Gasteiger partial charge in [0.25, 0.3) is 5.56 Å². The highest BCUT2D eigenvalue weighted by Crippen LogP contribution is 2.43. The van der Waals surface area contributed by atoms with Crippen molar-refractivity contribution in [2.45, 2.75) is 26.2 Å². The summed E-state index contributed by atoms with van der Waals surface area (Å²) < 4.78 is 0. The molecule has 1 aromatic heterocycles. The number of H-pyrrole nitrogens is 1. The molecule has 0 spiro atoms. The van der Waals surface area contributed by atoms with Crippen LogP contribution in [0.15, 0.2) is 71.8 Å². The first-order valence-electron chi connectivity index (χ1n) is 11.3. The molecule has 0 bridgehead atoms. The predicted octanol–water partition coefficient (Wildman–Crippen LogP) is 5.30. The first-order chi connectivity index (χ1) is 16.9. The van der Waals surface area contributed by atoms with Crippen molar-refractivity contribution < 1.29 is 9.59 Å². The minimum Gasteiger partial charge on any atom is -0.325 e. The second kappa shape index (κ2) is 9.00. The monoisotopic (exact) mass is 486 g/mol. The van der Waals surface area contributed by atoms with Gasteiger partial charge >= 0.3 is 0 Å². The molecule has 0 aliphatic heterocycles. The van der Waals surface area contributed by atoms with E-state index in [2.05, 4.69) is 20.6 Å². The minimum absolute atomic E-state index is 0.181. The molecule has 8 heteroatoms. The third-order valence-electron chi connectivity index (χ3n) is 6.62. The van der Waals surface area contributed by atoms with Gasteiger partial charge in [0.15, 0.2) is 0 Å². The van der Waals surface area contributed by atoms with Crippen molar-refractivity contribution in [2.75, 3.05) is 10.6 Å². The van der Waals surface area contributed by atoms with Crippen molar-refractivity contribution in [3.05, 3.63) is 87.9 Å². The van der Waals surface area contributed by atoms with Gasteiger partial charge in [0.05, 0.1) is 17.2 Å². The largest absolute Gasteiger partial charge is 0.325 e. The molecule has 0 saturated heterocycles. The average Bonchev–Trinajstić information content (AvgIpc) is 2.81. The molecule has 1 aliphatic rings. The van der Waals surface area contributed by atoms with E-state index in [1.165, 1.54) is 6.33 Å². The van der Waals surface area contributed by atoms with E-state index in [1.54, 1.807) is 30.3 Å². The zero-order valence-electron chi connectivity index (χ0n) is 19.0. The van der Waals surface area contributed by atoms with Gasteiger partial charge in [0.1, 0.15) is 5.41 Å². The normalized spacial score (nSPS) is 14.2. The number of nitrogens with zero attached hydrogens (tertiary/aromatic N) is 1. The summed E-state index contributed by atoms with van der Waals surface area (Å²) in [5.74, 6) is -0.641. The van der Waals surface area contributed by atoms with Crippen molar-refractivity contribution in [3.63, 3.8) is 0 Å². The van der Waals surface area contributed by atoms with Gasteiger partial charge in [-0.3, -0.25) is 14.4 Å². The molecular formula is C27H23ClN4O3. The fourth-order valence-corrected chi connectivity index (χ4v) is 4.43. The maximum atomic E-state index is 13.2. The molecule has 1 saturated carbocycles. The summed E-state index contributed by atoms with van der Waals surface area (Å²) in [6.45, 7) is 1.89. The third-order valence-corrected chi connectivity index (χ3v) is 7.03. The molecule has 0 atom stereocenters. The molecule has 176 valence electrons. The Morgan fingerprint density at radius 1 is 0.914 bits per heavy atom. The van der Waals surface area contributed by atoms with E-state index in [4.69, 9.17) is 11.6 Å². The molecule has 2 amide bonds. The zero-order chi connectivity index (χ0) is 24.6. The zero-order valence-corrected chi connectivity index (χ0v) is 19.8. The molecular weight excluding hydrogens is 464 g/mol. The van der Waals surface area contributed by atoms with Crippen LogP contribution in [0, 0.1) is 12.3 Å². The smallest absolute Gasteiger partial charge is 0.258 e. The van der Waals surface area contributed by atoms with E-state index >= 15 is 0 Å². The van der Waals surface area contributed by atoms with E-state index in [0.29, 0.717) is 40.1 Å². The second-order valence-corrected chi connectivity index (χ2v) is 9.26. The number of anilines is 2. The first kappa shape index (κ1) is 22.8. The van der Waals surface area contributed by atoms with Crippen LogP contribution < -0.4 is 16.2 Å². The van der Waals surface area contributed by atoms with Gasteiger partial charge in [-0.15, -0.1) is 0 Å². The molecule has 5 rings (SSSR count). The van der Waals surface area contributed by atoms with E-state index < -0.39 is 5.41 Å². The van der Waals surface area contributed by atoms with Crippen molar-refractivity contribution in [1.82, 2.24) is 9.97 Å². The Bertz CT molecular complexity index is 1510. The van der Waals surface area contributed by atoms with Crippen LogP contribution in [-0.2, 0) is 9.59 Å². The number of aromatic nitrogens is 2. The fraction of sp³-hybridized carbons (Fsp3) is 0.185. The molecule has 1 aliphatic carbocycles. The molecule has 1 fully saturated rings. The number of aryl methyl sites for hydroxylation is 1. The number of amides is 2. The summed E-state index contributed by atoms with van der Waals surface area (Å²) >= 11 is 6.17. The second-order valence-electron chi connectivity index (χ2n) is 8.85. The molecule has 1 heterocycles. The highest BCUT2D eigenvalue weighted by molar-refractivity contribution is 6.31. The Morgan fingerprint density at radius 3 is 2.23 bits per heavy atom. The Labute approximate surface area is 206 Å². The summed E-state index contributed by atoms with van der Waals surface area (Å²) in [5.41, 5.74) is 3.23. The fourth-order valence-electron chi connectivity index (χ4n) is 4.25. The SMILES string of the molecule is Cc1ccc(NC(=O)C2(C(=O)Nc3ccc(-c4ccc5c(=O)[nH]cnc5c4)cc3)CCC2)cc1Cl. The third kappa shape index (κ3) is 4.31. The maximum absolute atomic E-state index is 13.2. The van der Waals surface area contributed by atoms with Crippen molar-refractivity contribution in [2.24, 2.45) is 5.41 Å². The van der Waals surface area contributed by atoms with Gasteiger partial charge in [-0.05, 0) is 72.9 Å². The minimum atomic E-state index is -1.10. The number of aromatic amines is 1. The van der Waals surface area contributed by atoms with Gasteiger partial charge in [-0.2, -0.15) is 0 Å². The lowest BCUT2D eigenvalue weighted by Crippen LogP contribution is -2.50. The summed E-state index contributed by atoms with van der Waals surface area (Å²) in [7, 11) is 0. The lowest BCUT2D eigenvalue weighted by atomic mass is 9.67. The number of hydrogen-bond donors (Lipinski definition) is 3. The lowest BCUT2D eigenvalue weighted by molar-refractivity contribution is -0.142. The van der Waals surface area contributed by atoms with Crippen LogP contribution in [0.25, 0.3) is 22.0 Å². The van der Waals surface area contributed by atoms with Crippen LogP contribution >= 0.6 is 11.6 Å². The predicted molar refractivity (Wildman–Crippen MR) is 138 cm³/mol. The molecule has 4 aromatic rings. The quantitative estimate of drug-likeness (QED) is 0.333. The summed E-state index contributed by atoms with van der Waals surface area (Å²) in [5, 5.41) is 6.84. The summed E-state index contributed by atoms with van der Waals surface area (Å²) in [6, 6.07) is 18.1. The van der Waals surface area contributed by atoms with E-state index in [0.717, 1.165) is 23.1 Å². The topological polar surface area (TPSA) is 104 Å². The number of benzene rings is 3. The highest BCUT2D eigenvalue weighted by atomic mass is 35.5. The Balaban J connectivity index is 1.31. The highest BCUT2D eigenvalue weighted by Gasteiger charge is 2.50. The standard InChI is InChI=1S/C27H23ClN4O3/c1-16-3-7-20(14-22(16)28)32-26(35)27(11-2-12-27)25(34)31-19-8-4-17(5-9-19)18-6-10-21-23(13-18)29-15-30-24(21)33/h3-10,13-15H,2,11-12H2,1H3,(H,31,34)(H,32,35)(H,29,30,33). The number of halogens is 1. The Hall–Kier alpha value is -3.97. The van der Waals surface area contributed by atoms with Crippen LogP contribution in [0.3, 0.4) is 0 Å². The molecule has 7 nitrogen and oxygen atoms in total. The van der Waals surface area contributed by atoms with E-state index in [-0.39, 0.29) is 17.4 Å². The van der Waals surface area contributed by atoms with E-state index in [9.17, 15) is 14.4 Å². The molecule has 3 N–H and O–H groups in total. The van der Waals surface area contributed by atoms with Crippen LogP contribution in [0.2, 0.25) is 5.02 Å². The number of rotatable bonds is 5. The van der Waals surface area contributed by atoms with Gasteiger partial charge in [-0.25, -0.2) is 4.98 Å². The first-order valence-corrected chi connectivity index (χ1v) is 11.7. The van der Waals surface area contributed by atoms with Gasteiger partial charge in [0.2, 0.25) is 11.8 Å². The van der Waals surface area contributed by atoms with Crippen LogP contribution in [0.4, 0.5) is 11.4 Å². The number of fused-ring (bicyclic) bond motifs is 1. The molecule has 35 heavy (non-hydrogen) atoms. The van der Waals surface area contributed by atoms with Crippen LogP contribution in [-0.4, -0.2) is 21.8 Å².